The Morgan fingerprint density at radius 2 is 1.73 bits per heavy atom. The van der Waals surface area contributed by atoms with Crippen LogP contribution in [-0.4, -0.2) is 44.7 Å². The van der Waals surface area contributed by atoms with Crippen LogP contribution in [0.5, 0.6) is 0 Å². The molecule has 8 atom stereocenters. The highest BCUT2D eigenvalue weighted by atomic mass is 16.3. The Hall–Kier alpha value is -1.04. The Kier molecular flexibility index (Phi) is 3.87. The molecule has 4 rings (SSSR count). The topological polar surface area (TPSA) is 94.8 Å². The van der Waals surface area contributed by atoms with Crippen LogP contribution in [0.15, 0.2) is 11.6 Å². The fraction of sp³-hybridized carbons (Fsp3) is 0.810. The molecule has 4 aliphatic rings. The van der Waals surface area contributed by atoms with Gasteiger partial charge in [0.1, 0.15) is 11.7 Å². The monoisotopic (exact) mass is 362 g/mol. The summed E-state index contributed by atoms with van der Waals surface area (Å²) < 4.78 is 0. The maximum Gasteiger partial charge on any atom is 0.169 e. The smallest absolute Gasteiger partial charge is 0.169 e. The second kappa shape index (κ2) is 5.49. The van der Waals surface area contributed by atoms with E-state index in [-0.39, 0.29) is 34.7 Å². The lowest BCUT2D eigenvalue weighted by Gasteiger charge is -2.59. The molecule has 0 unspecified atom stereocenters. The predicted molar refractivity (Wildman–Crippen MR) is 95.1 cm³/mol. The van der Waals surface area contributed by atoms with Crippen LogP contribution >= 0.6 is 0 Å². The van der Waals surface area contributed by atoms with Crippen molar-refractivity contribution in [3.63, 3.8) is 0 Å². The molecule has 0 bridgehead atoms. The van der Waals surface area contributed by atoms with Crippen molar-refractivity contribution >= 4 is 11.6 Å². The molecule has 0 aliphatic heterocycles. The van der Waals surface area contributed by atoms with E-state index in [1.807, 2.05) is 6.92 Å². The summed E-state index contributed by atoms with van der Waals surface area (Å²) >= 11 is 0. The first kappa shape index (κ1) is 18.3. The molecule has 0 aromatic rings. The van der Waals surface area contributed by atoms with Crippen molar-refractivity contribution in [2.45, 2.75) is 77.1 Å². The van der Waals surface area contributed by atoms with Crippen LogP contribution in [-0.2, 0) is 9.59 Å². The molecular weight excluding hydrogens is 332 g/mol. The molecule has 0 saturated heterocycles. The lowest BCUT2D eigenvalue weighted by Crippen LogP contribution is -2.61. The maximum absolute atomic E-state index is 13.2. The van der Waals surface area contributed by atoms with Gasteiger partial charge in [0.15, 0.2) is 11.6 Å². The van der Waals surface area contributed by atoms with Crippen LogP contribution in [0.4, 0.5) is 0 Å². The fourth-order valence-electron chi connectivity index (χ4n) is 7.06. The van der Waals surface area contributed by atoms with Crippen LogP contribution in [0.3, 0.4) is 0 Å². The van der Waals surface area contributed by atoms with E-state index < -0.39 is 23.2 Å². The molecule has 0 spiro atoms. The van der Waals surface area contributed by atoms with Gasteiger partial charge in [0.05, 0.1) is 6.10 Å². The number of fused-ring (bicyclic) bond motifs is 5. The van der Waals surface area contributed by atoms with E-state index in [4.69, 9.17) is 0 Å². The van der Waals surface area contributed by atoms with Crippen molar-refractivity contribution in [2.75, 3.05) is 0 Å². The van der Waals surface area contributed by atoms with Gasteiger partial charge in [0, 0.05) is 11.3 Å². The van der Waals surface area contributed by atoms with E-state index in [1.54, 1.807) is 6.08 Å². The quantitative estimate of drug-likeness (QED) is 0.618. The Morgan fingerprint density at radius 3 is 2.38 bits per heavy atom. The third-order valence-corrected chi connectivity index (χ3v) is 8.71. The molecule has 3 saturated carbocycles. The number of rotatable bonds is 1. The second-order valence-electron chi connectivity index (χ2n) is 9.60. The number of carbonyl (C=O) groups is 2. The van der Waals surface area contributed by atoms with Crippen molar-refractivity contribution in [2.24, 2.45) is 28.6 Å². The number of aliphatic hydroxyl groups is 3. The van der Waals surface area contributed by atoms with Crippen LogP contribution in [0.1, 0.15) is 59.3 Å². The summed E-state index contributed by atoms with van der Waals surface area (Å²) in [6.45, 7) is 5.52. The normalized spacial score (nSPS) is 53.4. The van der Waals surface area contributed by atoms with Gasteiger partial charge in [0.25, 0.3) is 0 Å². The molecule has 0 heterocycles. The zero-order valence-corrected chi connectivity index (χ0v) is 15.9. The first-order valence-electron chi connectivity index (χ1n) is 9.92. The summed E-state index contributed by atoms with van der Waals surface area (Å²) in [6.07, 6.45) is 3.83. The number of Topliss-reactive ketones (excluding diaryl/α,β-unsaturated/α-hetero) is 2. The number of aliphatic hydroxyl groups excluding tert-OH is 2. The maximum atomic E-state index is 13.2. The lowest BCUT2D eigenvalue weighted by atomic mass is 9.45. The van der Waals surface area contributed by atoms with Gasteiger partial charge in [0.2, 0.25) is 0 Å². The molecule has 3 N–H and O–H groups in total. The van der Waals surface area contributed by atoms with Gasteiger partial charge in [-0.1, -0.05) is 19.9 Å². The highest BCUT2D eigenvalue weighted by Gasteiger charge is 2.68. The fourth-order valence-corrected chi connectivity index (χ4v) is 7.06. The molecule has 5 heteroatoms. The van der Waals surface area contributed by atoms with Gasteiger partial charge in [-0.2, -0.15) is 0 Å². The third-order valence-electron chi connectivity index (χ3n) is 8.71. The predicted octanol–water partition coefficient (Wildman–Crippen LogP) is 1.78. The summed E-state index contributed by atoms with van der Waals surface area (Å²) in [5, 5.41) is 31.9. The van der Waals surface area contributed by atoms with Gasteiger partial charge < -0.3 is 15.3 Å². The highest BCUT2D eigenvalue weighted by Crippen LogP contribution is 2.66. The standard InChI is InChI=1S/C21H30O5/c1-11(22)21(26)9-6-14-16-13(5-8-20(14,21)3)19(2)7-4-12(23)10-15(19)17(24)18(16)25/h10,12-14,16-17,23-24,26H,4-9H2,1-3H3/t12-,13+,14+,16-,17-,19-,20+,21+/m1/s1. The van der Waals surface area contributed by atoms with E-state index in [1.165, 1.54) is 6.92 Å². The van der Waals surface area contributed by atoms with E-state index in [0.717, 1.165) is 12.8 Å². The summed E-state index contributed by atoms with van der Waals surface area (Å²) in [5.74, 6) is -0.699. The molecule has 0 amide bonds. The Morgan fingerprint density at radius 1 is 1.08 bits per heavy atom. The number of ketones is 2. The third kappa shape index (κ3) is 2.02. The molecule has 144 valence electrons. The molecule has 0 radical (unpaired) electrons. The SMILES string of the molecule is CC(=O)[C@@]1(O)CC[C@H]2[C@@H]3C(=O)[C@H](O)C4=C[C@H](O)CC[C@]4(C)[C@H]3CC[C@@]21C. The highest BCUT2D eigenvalue weighted by molar-refractivity contribution is 5.92. The molecule has 4 aliphatic carbocycles. The molecular formula is C21H30O5. The summed E-state index contributed by atoms with van der Waals surface area (Å²) in [5.41, 5.74) is -1.59. The Balaban J connectivity index is 1.79. The van der Waals surface area contributed by atoms with Crippen molar-refractivity contribution in [3.8, 4) is 0 Å². The van der Waals surface area contributed by atoms with E-state index in [0.29, 0.717) is 31.3 Å². The van der Waals surface area contributed by atoms with Crippen LogP contribution in [0.25, 0.3) is 0 Å². The van der Waals surface area contributed by atoms with Gasteiger partial charge in [-0.05, 0) is 68.3 Å². The average Bonchev–Trinajstić information content (AvgIpc) is 2.87. The van der Waals surface area contributed by atoms with Crippen molar-refractivity contribution in [1.29, 1.82) is 0 Å². The zero-order valence-electron chi connectivity index (χ0n) is 15.9. The zero-order chi connectivity index (χ0) is 19.1. The molecule has 5 nitrogen and oxygen atoms in total. The summed E-state index contributed by atoms with van der Waals surface area (Å²) in [4.78, 5) is 25.4. The average molecular weight is 362 g/mol. The number of carbonyl (C=O) groups excluding carboxylic acids is 2. The molecule has 26 heavy (non-hydrogen) atoms. The van der Waals surface area contributed by atoms with Gasteiger partial charge in [-0.15, -0.1) is 0 Å². The van der Waals surface area contributed by atoms with Crippen molar-refractivity contribution < 1.29 is 24.9 Å². The minimum Gasteiger partial charge on any atom is -0.389 e. The molecule has 3 fully saturated rings. The first-order chi connectivity index (χ1) is 12.1. The van der Waals surface area contributed by atoms with Gasteiger partial charge in [-0.25, -0.2) is 0 Å². The second-order valence-corrected chi connectivity index (χ2v) is 9.60. The van der Waals surface area contributed by atoms with Crippen LogP contribution in [0, 0.1) is 28.6 Å². The van der Waals surface area contributed by atoms with Crippen molar-refractivity contribution in [1.82, 2.24) is 0 Å². The first-order valence-corrected chi connectivity index (χ1v) is 9.92. The molecule has 0 aromatic heterocycles. The largest absolute Gasteiger partial charge is 0.389 e. The van der Waals surface area contributed by atoms with Crippen LogP contribution < -0.4 is 0 Å². The van der Waals surface area contributed by atoms with E-state index in [2.05, 4.69) is 6.92 Å². The van der Waals surface area contributed by atoms with Gasteiger partial charge >= 0.3 is 0 Å². The summed E-state index contributed by atoms with van der Waals surface area (Å²) in [6, 6.07) is 0. The number of hydrogen-bond donors (Lipinski definition) is 3. The Bertz CT molecular complexity index is 699. The van der Waals surface area contributed by atoms with Crippen LogP contribution in [0.2, 0.25) is 0 Å². The minimum absolute atomic E-state index is 0.0810. The summed E-state index contributed by atoms with van der Waals surface area (Å²) in [7, 11) is 0. The van der Waals surface area contributed by atoms with Gasteiger partial charge in [-0.3, -0.25) is 9.59 Å². The van der Waals surface area contributed by atoms with Crippen molar-refractivity contribution in [3.05, 3.63) is 11.6 Å². The Labute approximate surface area is 154 Å². The number of hydrogen-bond acceptors (Lipinski definition) is 5. The lowest BCUT2D eigenvalue weighted by molar-refractivity contribution is -0.169. The van der Waals surface area contributed by atoms with E-state index >= 15 is 0 Å². The minimum atomic E-state index is -1.37. The van der Waals surface area contributed by atoms with E-state index in [9.17, 15) is 24.9 Å². The molecule has 0 aromatic carbocycles.